The Morgan fingerprint density at radius 1 is 1.47 bits per heavy atom. The van der Waals surface area contributed by atoms with Crippen molar-refractivity contribution in [3.63, 3.8) is 0 Å². The van der Waals surface area contributed by atoms with Crippen molar-refractivity contribution in [2.75, 3.05) is 19.3 Å². The van der Waals surface area contributed by atoms with Gasteiger partial charge in [-0.05, 0) is 52.3 Å². The second-order valence-corrected chi connectivity index (χ2v) is 6.44. The van der Waals surface area contributed by atoms with E-state index in [1.807, 2.05) is 25.6 Å². The summed E-state index contributed by atoms with van der Waals surface area (Å²) in [6, 6.07) is 2.34. The molecule has 3 heteroatoms. The van der Waals surface area contributed by atoms with E-state index in [1.54, 1.807) is 0 Å². The SMILES string of the molecule is CSC1(CNCCCC(C)(C)C#N)CC1. The Bertz CT molecular complexity index is 238. The minimum Gasteiger partial charge on any atom is -0.315 e. The molecule has 0 radical (unpaired) electrons. The summed E-state index contributed by atoms with van der Waals surface area (Å²) in [7, 11) is 0. The molecule has 0 unspecified atom stereocenters. The zero-order valence-corrected chi connectivity index (χ0v) is 10.9. The highest BCUT2D eigenvalue weighted by molar-refractivity contribution is 8.00. The first kappa shape index (κ1) is 12.9. The van der Waals surface area contributed by atoms with Crippen LogP contribution in [-0.4, -0.2) is 24.1 Å². The van der Waals surface area contributed by atoms with Crippen LogP contribution in [0.1, 0.15) is 39.5 Å². The van der Waals surface area contributed by atoms with Gasteiger partial charge in [0.1, 0.15) is 0 Å². The number of nitrogens with one attached hydrogen (secondary N) is 1. The molecule has 1 fully saturated rings. The second-order valence-electron chi connectivity index (χ2n) is 5.16. The minimum absolute atomic E-state index is 0.154. The lowest BCUT2D eigenvalue weighted by molar-refractivity contribution is 0.425. The summed E-state index contributed by atoms with van der Waals surface area (Å²) < 4.78 is 0.560. The first-order valence-corrected chi connectivity index (χ1v) is 6.93. The molecule has 1 saturated carbocycles. The summed E-state index contributed by atoms with van der Waals surface area (Å²) in [4.78, 5) is 0. The largest absolute Gasteiger partial charge is 0.315 e. The highest BCUT2D eigenvalue weighted by Gasteiger charge is 2.41. The lowest BCUT2D eigenvalue weighted by Crippen LogP contribution is -2.27. The number of nitriles is 1. The summed E-state index contributed by atoms with van der Waals surface area (Å²) in [5.41, 5.74) is -0.154. The molecule has 0 amide bonds. The molecule has 0 aromatic heterocycles. The standard InChI is InChI=1S/C12H22N2S/c1-11(2,9-13)5-4-8-14-10-12(15-3)6-7-12/h14H,4-8,10H2,1-3H3. The highest BCUT2D eigenvalue weighted by atomic mass is 32.2. The van der Waals surface area contributed by atoms with Crippen molar-refractivity contribution >= 4 is 11.8 Å². The Hall–Kier alpha value is -0.200. The smallest absolute Gasteiger partial charge is 0.0683 e. The van der Waals surface area contributed by atoms with Gasteiger partial charge < -0.3 is 5.32 Å². The van der Waals surface area contributed by atoms with E-state index in [0.29, 0.717) is 4.75 Å². The molecule has 15 heavy (non-hydrogen) atoms. The van der Waals surface area contributed by atoms with Crippen LogP contribution in [0.15, 0.2) is 0 Å². The molecule has 0 bridgehead atoms. The van der Waals surface area contributed by atoms with E-state index in [0.717, 1.165) is 25.9 Å². The lowest BCUT2D eigenvalue weighted by atomic mass is 9.90. The van der Waals surface area contributed by atoms with E-state index in [2.05, 4.69) is 17.6 Å². The van der Waals surface area contributed by atoms with Crippen LogP contribution in [0.3, 0.4) is 0 Å². The Morgan fingerprint density at radius 3 is 2.60 bits per heavy atom. The Balaban J connectivity index is 2.01. The highest BCUT2D eigenvalue weighted by Crippen LogP contribution is 2.46. The molecule has 0 aliphatic heterocycles. The summed E-state index contributed by atoms with van der Waals surface area (Å²) in [6.07, 6.45) is 7.02. The molecule has 0 spiro atoms. The van der Waals surface area contributed by atoms with Crippen LogP contribution in [0.2, 0.25) is 0 Å². The van der Waals surface area contributed by atoms with Crippen LogP contribution in [0.25, 0.3) is 0 Å². The predicted octanol–water partition coefficient (Wildman–Crippen LogP) is 2.80. The van der Waals surface area contributed by atoms with E-state index in [1.165, 1.54) is 12.8 Å². The molecule has 0 heterocycles. The Kier molecular flexibility index (Phi) is 4.48. The van der Waals surface area contributed by atoms with Crippen LogP contribution in [-0.2, 0) is 0 Å². The molecule has 0 aromatic carbocycles. The topological polar surface area (TPSA) is 35.8 Å². The van der Waals surface area contributed by atoms with Crippen LogP contribution in [0.4, 0.5) is 0 Å². The molecule has 1 aliphatic carbocycles. The molecule has 0 aromatic rings. The average Bonchev–Trinajstić information content (AvgIpc) is 2.98. The average molecular weight is 226 g/mol. The van der Waals surface area contributed by atoms with Gasteiger partial charge in [0.25, 0.3) is 0 Å². The third-order valence-corrected chi connectivity index (χ3v) is 4.56. The van der Waals surface area contributed by atoms with Gasteiger partial charge in [0.15, 0.2) is 0 Å². The number of rotatable bonds is 7. The molecule has 0 atom stereocenters. The van der Waals surface area contributed by atoms with Crippen molar-refractivity contribution < 1.29 is 0 Å². The Labute approximate surface area is 97.8 Å². The van der Waals surface area contributed by atoms with E-state index < -0.39 is 0 Å². The van der Waals surface area contributed by atoms with Gasteiger partial charge in [-0.1, -0.05) is 0 Å². The van der Waals surface area contributed by atoms with Gasteiger partial charge in [0.2, 0.25) is 0 Å². The molecule has 1 aliphatic rings. The van der Waals surface area contributed by atoms with Crippen molar-refractivity contribution in [1.29, 1.82) is 5.26 Å². The molecule has 0 saturated heterocycles. The fourth-order valence-corrected chi connectivity index (χ4v) is 2.38. The maximum Gasteiger partial charge on any atom is 0.0683 e. The van der Waals surface area contributed by atoms with Crippen LogP contribution in [0, 0.1) is 16.7 Å². The molecule has 2 nitrogen and oxygen atoms in total. The van der Waals surface area contributed by atoms with Crippen LogP contribution >= 0.6 is 11.8 Å². The molecular weight excluding hydrogens is 204 g/mol. The lowest BCUT2D eigenvalue weighted by Gasteiger charge is -2.16. The van der Waals surface area contributed by atoms with E-state index in [-0.39, 0.29) is 5.41 Å². The van der Waals surface area contributed by atoms with Gasteiger partial charge in [-0.2, -0.15) is 17.0 Å². The molecular formula is C12H22N2S. The van der Waals surface area contributed by atoms with Gasteiger partial charge in [0, 0.05) is 11.3 Å². The van der Waals surface area contributed by atoms with Gasteiger partial charge in [-0.25, -0.2) is 0 Å². The normalized spacial score (nSPS) is 18.5. The Morgan fingerprint density at radius 2 is 2.13 bits per heavy atom. The third-order valence-electron chi connectivity index (χ3n) is 3.15. The molecule has 86 valence electrons. The number of thioether (sulfide) groups is 1. The van der Waals surface area contributed by atoms with E-state index >= 15 is 0 Å². The van der Waals surface area contributed by atoms with Crippen molar-refractivity contribution in [3.8, 4) is 6.07 Å². The van der Waals surface area contributed by atoms with Crippen molar-refractivity contribution in [2.24, 2.45) is 5.41 Å². The van der Waals surface area contributed by atoms with Crippen molar-refractivity contribution in [3.05, 3.63) is 0 Å². The quantitative estimate of drug-likeness (QED) is 0.678. The maximum absolute atomic E-state index is 8.85. The number of hydrogen-bond donors (Lipinski definition) is 1. The van der Waals surface area contributed by atoms with E-state index in [9.17, 15) is 0 Å². The predicted molar refractivity (Wildman–Crippen MR) is 67.0 cm³/mol. The van der Waals surface area contributed by atoms with Crippen molar-refractivity contribution in [2.45, 2.75) is 44.3 Å². The summed E-state index contributed by atoms with van der Waals surface area (Å²) in [6.45, 7) is 6.21. The first-order valence-electron chi connectivity index (χ1n) is 5.71. The van der Waals surface area contributed by atoms with Crippen LogP contribution in [0.5, 0.6) is 0 Å². The van der Waals surface area contributed by atoms with Crippen molar-refractivity contribution in [1.82, 2.24) is 5.32 Å². The fraction of sp³-hybridized carbons (Fsp3) is 0.917. The summed E-state index contributed by atoms with van der Waals surface area (Å²) in [5.74, 6) is 0. The van der Waals surface area contributed by atoms with Gasteiger partial charge >= 0.3 is 0 Å². The zero-order chi connectivity index (χ0) is 11.4. The summed E-state index contributed by atoms with van der Waals surface area (Å²) in [5, 5.41) is 12.4. The minimum atomic E-state index is -0.154. The van der Waals surface area contributed by atoms with Crippen LogP contribution < -0.4 is 5.32 Å². The van der Waals surface area contributed by atoms with Gasteiger partial charge in [-0.3, -0.25) is 0 Å². The fourth-order valence-electron chi connectivity index (χ4n) is 1.62. The third kappa shape index (κ3) is 4.44. The number of hydrogen-bond acceptors (Lipinski definition) is 3. The number of nitrogens with zero attached hydrogens (tertiary/aromatic N) is 1. The monoisotopic (exact) mass is 226 g/mol. The summed E-state index contributed by atoms with van der Waals surface area (Å²) >= 11 is 1.99. The first-order chi connectivity index (χ1) is 7.04. The van der Waals surface area contributed by atoms with Gasteiger partial charge in [-0.15, -0.1) is 0 Å². The second kappa shape index (κ2) is 5.23. The van der Waals surface area contributed by atoms with Gasteiger partial charge in [0.05, 0.1) is 11.5 Å². The molecule has 1 rings (SSSR count). The molecule has 1 N–H and O–H groups in total. The van der Waals surface area contributed by atoms with E-state index in [4.69, 9.17) is 5.26 Å². The maximum atomic E-state index is 8.85. The zero-order valence-electron chi connectivity index (χ0n) is 10.1.